The first kappa shape index (κ1) is 23.6. The average molecular weight is 491 g/mol. The van der Waals surface area contributed by atoms with Crippen molar-refractivity contribution in [2.45, 2.75) is 18.7 Å². The van der Waals surface area contributed by atoms with Crippen LogP contribution in [0.5, 0.6) is 0 Å². The van der Waals surface area contributed by atoms with Crippen LogP contribution < -0.4 is 10.1 Å². The van der Waals surface area contributed by atoms with Gasteiger partial charge in [-0.15, -0.1) is 0 Å². The molecule has 178 valence electrons. The molecule has 0 spiro atoms. The summed E-state index contributed by atoms with van der Waals surface area (Å²) in [5.74, 6) is 0. The Hall–Kier alpha value is -4.51. The van der Waals surface area contributed by atoms with Crippen molar-refractivity contribution in [3.63, 3.8) is 0 Å². The summed E-state index contributed by atoms with van der Waals surface area (Å²) in [5, 5.41) is 15.7. The van der Waals surface area contributed by atoms with Crippen LogP contribution in [0.4, 0.5) is 17.1 Å². The second kappa shape index (κ2) is 9.77. The molecule has 0 aliphatic heterocycles. The van der Waals surface area contributed by atoms with Crippen molar-refractivity contribution in [1.29, 1.82) is 0 Å². The van der Waals surface area contributed by atoms with Crippen molar-refractivity contribution in [2.24, 2.45) is 5.10 Å². The van der Waals surface area contributed by atoms with Gasteiger partial charge in [0, 0.05) is 24.1 Å². The number of sulfonamides is 1. The highest BCUT2D eigenvalue weighted by molar-refractivity contribution is 7.92. The summed E-state index contributed by atoms with van der Waals surface area (Å²) in [6, 6.07) is 16.3. The lowest BCUT2D eigenvalue weighted by molar-refractivity contribution is -0.384. The van der Waals surface area contributed by atoms with E-state index in [4.69, 9.17) is 0 Å². The molecule has 4 aromatic rings. The van der Waals surface area contributed by atoms with Crippen molar-refractivity contribution in [3.8, 4) is 5.69 Å². The molecule has 0 bridgehead atoms. The zero-order valence-corrected chi connectivity index (χ0v) is 19.7. The molecule has 10 nitrogen and oxygen atoms in total. The fourth-order valence-corrected chi connectivity index (χ4v) is 4.53. The molecule has 0 unspecified atom stereocenters. The van der Waals surface area contributed by atoms with E-state index in [1.165, 1.54) is 18.3 Å². The number of benzene rings is 3. The Morgan fingerprint density at radius 3 is 2.43 bits per heavy atom. The molecule has 11 heteroatoms. The number of hydrogen-bond acceptors (Lipinski definition) is 7. The monoisotopic (exact) mass is 490 g/mol. The van der Waals surface area contributed by atoms with Crippen LogP contribution in [-0.2, 0) is 10.0 Å². The van der Waals surface area contributed by atoms with Gasteiger partial charge in [-0.3, -0.25) is 20.3 Å². The fraction of sp³-hybridized carbons (Fsp3) is 0.0833. The van der Waals surface area contributed by atoms with E-state index in [0.717, 1.165) is 28.4 Å². The molecule has 0 saturated heterocycles. The zero-order chi connectivity index (χ0) is 25.0. The molecule has 0 aliphatic rings. The highest BCUT2D eigenvalue weighted by Crippen LogP contribution is 2.29. The number of nitro benzene ring substituents is 1. The Labute approximate surface area is 202 Å². The molecule has 0 radical (unpaired) electrons. The van der Waals surface area contributed by atoms with Gasteiger partial charge in [-0.1, -0.05) is 29.8 Å². The number of nitro groups is 1. The first-order valence-corrected chi connectivity index (χ1v) is 12.0. The molecule has 0 amide bonds. The molecule has 0 saturated carbocycles. The summed E-state index contributed by atoms with van der Waals surface area (Å²) in [6.07, 6.45) is 6.70. The molecule has 0 atom stereocenters. The Morgan fingerprint density at radius 1 is 1.03 bits per heavy atom. The van der Waals surface area contributed by atoms with Gasteiger partial charge in [-0.2, -0.15) is 5.10 Å². The van der Waals surface area contributed by atoms with Gasteiger partial charge >= 0.3 is 0 Å². The van der Waals surface area contributed by atoms with E-state index in [1.54, 1.807) is 31.6 Å². The number of aromatic nitrogens is 2. The van der Waals surface area contributed by atoms with Crippen LogP contribution in [0.2, 0.25) is 0 Å². The Morgan fingerprint density at radius 2 is 1.77 bits per heavy atom. The third-order valence-electron chi connectivity index (χ3n) is 5.20. The molecule has 35 heavy (non-hydrogen) atoms. The molecule has 2 N–H and O–H groups in total. The summed E-state index contributed by atoms with van der Waals surface area (Å²) in [4.78, 5) is 14.7. The van der Waals surface area contributed by atoms with Gasteiger partial charge in [0.15, 0.2) is 0 Å². The Balaban J connectivity index is 1.51. The summed E-state index contributed by atoms with van der Waals surface area (Å²) in [7, 11) is -4.03. The lowest BCUT2D eigenvalue weighted by atomic mass is 10.1. The van der Waals surface area contributed by atoms with Crippen LogP contribution in [0.1, 0.15) is 16.7 Å². The highest BCUT2D eigenvalue weighted by atomic mass is 32.2. The molecule has 0 aliphatic carbocycles. The maximum Gasteiger partial charge on any atom is 0.295 e. The second-order valence-electron chi connectivity index (χ2n) is 7.79. The third-order valence-corrected chi connectivity index (χ3v) is 6.56. The Kier molecular flexibility index (Phi) is 6.60. The Bertz CT molecular complexity index is 1500. The van der Waals surface area contributed by atoms with Crippen molar-refractivity contribution < 1.29 is 13.3 Å². The molecule has 4 rings (SSSR count). The van der Waals surface area contributed by atoms with Gasteiger partial charge < -0.3 is 4.57 Å². The minimum Gasteiger partial charge on any atom is -0.306 e. The summed E-state index contributed by atoms with van der Waals surface area (Å²) in [5.41, 5.74) is 6.11. The van der Waals surface area contributed by atoms with Gasteiger partial charge in [0.25, 0.3) is 15.7 Å². The van der Waals surface area contributed by atoms with Crippen molar-refractivity contribution in [1.82, 2.24) is 9.55 Å². The fourth-order valence-electron chi connectivity index (χ4n) is 3.38. The predicted molar refractivity (Wildman–Crippen MR) is 135 cm³/mol. The van der Waals surface area contributed by atoms with Gasteiger partial charge in [0.2, 0.25) is 0 Å². The maximum absolute atomic E-state index is 12.8. The topological polar surface area (TPSA) is 132 Å². The molecule has 1 aromatic heterocycles. The van der Waals surface area contributed by atoms with Crippen LogP contribution in [-0.4, -0.2) is 29.1 Å². The van der Waals surface area contributed by atoms with Crippen LogP contribution in [0.25, 0.3) is 5.69 Å². The van der Waals surface area contributed by atoms with Crippen LogP contribution in [0, 0.1) is 24.0 Å². The quantitative estimate of drug-likeness (QED) is 0.210. The first-order chi connectivity index (χ1) is 16.7. The number of imidazole rings is 1. The molecule has 0 fully saturated rings. The minimum absolute atomic E-state index is 0.0618. The number of rotatable bonds is 8. The van der Waals surface area contributed by atoms with Gasteiger partial charge in [0.1, 0.15) is 5.69 Å². The molecular weight excluding hydrogens is 468 g/mol. The smallest absolute Gasteiger partial charge is 0.295 e. The minimum atomic E-state index is -4.03. The standard InChI is InChI=1S/C24H22N6O4S/c1-17-3-9-22(18(2)13-17)28-35(33,34)21-8-10-23(24(14-21)30(31)32)27-26-15-19-4-6-20(7-5-19)29-12-11-25-16-29/h3-16,27-28H,1-2H3/b26-15+. The molecule has 1 heterocycles. The van der Waals surface area contributed by atoms with Gasteiger partial charge in [-0.05, 0) is 55.3 Å². The largest absolute Gasteiger partial charge is 0.306 e. The van der Waals surface area contributed by atoms with Crippen molar-refractivity contribution >= 4 is 33.3 Å². The third kappa shape index (κ3) is 5.53. The number of aryl methyl sites for hydroxylation is 2. The summed E-state index contributed by atoms with van der Waals surface area (Å²) >= 11 is 0. The van der Waals surface area contributed by atoms with E-state index in [-0.39, 0.29) is 10.6 Å². The van der Waals surface area contributed by atoms with Crippen LogP contribution >= 0.6 is 0 Å². The van der Waals surface area contributed by atoms with Gasteiger partial charge in [-0.25, -0.2) is 13.4 Å². The van der Waals surface area contributed by atoms with E-state index in [0.29, 0.717) is 5.69 Å². The van der Waals surface area contributed by atoms with Crippen LogP contribution in [0.15, 0.2) is 89.4 Å². The zero-order valence-electron chi connectivity index (χ0n) is 18.9. The van der Waals surface area contributed by atoms with Gasteiger partial charge in [0.05, 0.1) is 28.0 Å². The van der Waals surface area contributed by atoms with E-state index in [2.05, 4.69) is 20.2 Å². The maximum atomic E-state index is 12.8. The predicted octanol–water partition coefficient (Wildman–Crippen LogP) is 4.64. The molecular formula is C24H22N6O4S. The molecule has 3 aromatic carbocycles. The highest BCUT2D eigenvalue weighted by Gasteiger charge is 2.22. The van der Waals surface area contributed by atoms with E-state index >= 15 is 0 Å². The number of anilines is 2. The second-order valence-corrected chi connectivity index (χ2v) is 9.47. The van der Waals surface area contributed by atoms with E-state index < -0.39 is 20.6 Å². The number of hydrogen-bond donors (Lipinski definition) is 2. The first-order valence-electron chi connectivity index (χ1n) is 10.5. The summed E-state index contributed by atoms with van der Waals surface area (Å²) < 4.78 is 30.0. The number of nitrogens with zero attached hydrogens (tertiary/aromatic N) is 4. The van der Waals surface area contributed by atoms with E-state index in [1.807, 2.05) is 48.0 Å². The van der Waals surface area contributed by atoms with Crippen molar-refractivity contribution in [3.05, 3.63) is 106 Å². The number of nitrogens with one attached hydrogen (secondary N) is 2. The van der Waals surface area contributed by atoms with Crippen molar-refractivity contribution in [2.75, 3.05) is 10.1 Å². The normalized spacial score (nSPS) is 11.5. The summed E-state index contributed by atoms with van der Waals surface area (Å²) in [6.45, 7) is 3.68. The average Bonchev–Trinajstić information content (AvgIpc) is 3.36. The SMILES string of the molecule is Cc1ccc(NS(=O)(=O)c2ccc(N/N=C/c3ccc(-n4ccnc4)cc3)c([N+](=O)[O-])c2)c(C)c1. The van der Waals surface area contributed by atoms with E-state index in [9.17, 15) is 18.5 Å². The number of hydrazone groups is 1. The lowest BCUT2D eigenvalue weighted by Crippen LogP contribution is -2.14. The lowest BCUT2D eigenvalue weighted by Gasteiger charge is -2.12. The van der Waals surface area contributed by atoms with Crippen LogP contribution in [0.3, 0.4) is 0 Å².